The Kier molecular flexibility index (Phi) is 4.40. The lowest BCUT2D eigenvalue weighted by molar-refractivity contribution is 0.428. The van der Waals surface area contributed by atoms with E-state index in [9.17, 15) is 8.42 Å². The summed E-state index contributed by atoms with van der Waals surface area (Å²) in [7, 11) is -3.37. The van der Waals surface area contributed by atoms with E-state index < -0.39 is 10.0 Å². The summed E-state index contributed by atoms with van der Waals surface area (Å²) in [6, 6.07) is 6.89. The van der Waals surface area contributed by atoms with Gasteiger partial charge in [-0.1, -0.05) is 0 Å². The van der Waals surface area contributed by atoms with Gasteiger partial charge in [0.05, 0.1) is 4.90 Å². The fraction of sp³-hybridized carbons (Fsp3) is 0.455. The van der Waals surface area contributed by atoms with Crippen LogP contribution in [0, 0.1) is 3.57 Å². The molecule has 0 saturated carbocycles. The molecule has 1 atom stereocenters. The van der Waals surface area contributed by atoms with Crippen LogP contribution in [0.15, 0.2) is 29.2 Å². The van der Waals surface area contributed by atoms with Crippen molar-refractivity contribution in [1.29, 1.82) is 0 Å². The molecule has 0 aromatic heterocycles. The van der Waals surface area contributed by atoms with E-state index in [0.29, 0.717) is 11.4 Å². The molecule has 0 amide bonds. The molecule has 0 bridgehead atoms. The quantitative estimate of drug-likeness (QED) is 0.794. The summed E-state index contributed by atoms with van der Waals surface area (Å²) >= 11 is 2.15. The van der Waals surface area contributed by atoms with E-state index in [2.05, 4.69) is 32.6 Å². The van der Waals surface area contributed by atoms with Crippen LogP contribution in [0.2, 0.25) is 0 Å². The van der Waals surface area contributed by atoms with Crippen LogP contribution in [0.1, 0.15) is 12.8 Å². The van der Waals surface area contributed by atoms with Gasteiger partial charge in [0.2, 0.25) is 10.0 Å². The first-order valence-corrected chi connectivity index (χ1v) is 8.13. The second-order valence-electron chi connectivity index (χ2n) is 4.12. The molecule has 94 valence electrons. The van der Waals surface area contributed by atoms with Crippen molar-refractivity contribution in [1.82, 2.24) is 10.0 Å². The zero-order valence-corrected chi connectivity index (χ0v) is 12.3. The van der Waals surface area contributed by atoms with Crippen molar-refractivity contribution in [3.63, 3.8) is 0 Å². The lowest BCUT2D eigenvalue weighted by Crippen LogP contribution is -2.45. The number of hydrogen-bond donors (Lipinski definition) is 2. The highest BCUT2D eigenvalue weighted by Crippen LogP contribution is 2.13. The number of benzene rings is 1. The second kappa shape index (κ2) is 5.64. The van der Waals surface area contributed by atoms with E-state index in [-0.39, 0.29) is 6.04 Å². The molecule has 2 rings (SSSR count). The lowest BCUT2D eigenvalue weighted by atomic mass is 10.1. The van der Waals surface area contributed by atoms with Crippen molar-refractivity contribution in [2.75, 3.05) is 13.1 Å². The SMILES string of the molecule is O=S(=O)(N[C@@H]1CCCNC1)c1ccc(I)cc1. The van der Waals surface area contributed by atoms with Crippen LogP contribution in [0.25, 0.3) is 0 Å². The van der Waals surface area contributed by atoms with Crippen molar-refractivity contribution >= 4 is 32.6 Å². The molecule has 1 aromatic carbocycles. The molecule has 4 nitrogen and oxygen atoms in total. The minimum absolute atomic E-state index is 0.00743. The molecule has 6 heteroatoms. The van der Waals surface area contributed by atoms with Crippen molar-refractivity contribution in [3.05, 3.63) is 27.8 Å². The zero-order chi connectivity index (χ0) is 12.3. The van der Waals surface area contributed by atoms with Gasteiger partial charge in [-0.3, -0.25) is 0 Å². The topological polar surface area (TPSA) is 58.2 Å². The summed E-state index contributed by atoms with van der Waals surface area (Å²) in [5, 5.41) is 3.19. The fourth-order valence-electron chi connectivity index (χ4n) is 1.85. The summed E-state index contributed by atoms with van der Waals surface area (Å²) < 4.78 is 27.9. The number of piperidine rings is 1. The van der Waals surface area contributed by atoms with Crippen LogP contribution in [0.3, 0.4) is 0 Å². The van der Waals surface area contributed by atoms with Gasteiger partial charge in [-0.2, -0.15) is 0 Å². The summed E-state index contributed by atoms with van der Waals surface area (Å²) in [6.07, 6.45) is 1.91. The molecular weight excluding hydrogens is 351 g/mol. The van der Waals surface area contributed by atoms with Gasteiger partial charge in [-0.05, 0) is 66.2 Å². The van der Waals surface area contributed by atoms with Crippen LogP contribution < -0.4 is 10.0 Å². The Bertz CT molecular complexity index is 467. The molecule has 2 N–H and O–H groups in total. The monoisotopic (exact) mass is 366 g/mol. The average molecular weight is 366 g/mol. The number of nitrogens with one attached hydrogen (secondary N) is 2. The predicted octanol–water partition coefficient (Wildman–Crippen LogP) is 1.32. The maximum atomic E-state index is 12.1. The number of rotatable bonds is 3. The van der Waals surface area contributed by atoms with E-state index in [1.54, 1.807) is 24.3 Å². The van der Waals surface area contributed by atoms with E-state index in [0.717, 1.165) is 23.0 Å². The molecule has 0 spiro atoms. The summed E-state index contributed by atoms with van der Waals surface area (Å²) in [5.41, 5.74) is 0. The largest absolute Gasteiger partial charge is 0.315 e. The minimum Gasteiger partial charge on any atom is -0.315 e. The van der Waals surface area contributed by atoms with Crippen LogP contribution in [-0.2, 0) is 10.0 Å². The van der Waals surface area contributed by atoms with Crippen molar-refractivity contribution in [3.8, 4) is 0 Å². The first-order valence-electron chi connectivity index (χ1n) is 5.56. The first-order chi connectivity index (χ1) is 8.08. The fourth-order valence-corrected chi connectivity index (χ4v) is 3.48. The molecule has 1 aliphatic rings. The van der Waals surface area contributed by atoms with Gasteiger partial charge < -0.3 is 5.32 Å². The molecule has 1 aliphatic heterocycles. The average Bonchev–Trinajstić information content (AvgIpc) is 2.30. The van der Waals surface area contributed by atoms with Crippen LogP contribution >= 0.6 is 22.6 Å². The Balaban J connectivity index is 2.10. The van der Waals surface area contributed by atoms with Gasteiger partial charge in [0.25, 0.3) is 0 Å². The summed E-state index contributed by atoms with van der Waals surface area (Å²) in [4.78, 5) is 0.337. The van der Waals surface area contributed by atoms with E-state index >= 15 is 0 Å². The summed E-state index contributed by atoms with van der Waals surface area (Å²) in [5.74, 6) is 0. The van der Waals surface area contributed by atoms with Crippen molar-refractivity contribution in [2.45, 2.75) is 23.8 Å². The van der Waals surface area contributed by atoms with Crippen LogP contribution in [0.4, 0.5) is 0 Å². The molecule has 1 fully saturated rings. The number of hydrogen-bond acceptors (Lipinski definition) is 3. The Labute approximate surface area is 115 Å². The van der Waals surface area contributed by atoms with Crippen molar-refractivity contribution < 1.29 is 8.42 Å². The molecule has 0 aliphatic carbocycles. The maximum absolute atomic E-state index is 12.1. The molecule has 0 unspecified atom stereocenters. The van der Waals surface area contributed by atoms with Crippen molar-refractivity contribution in [2.24, 2.45) is 0 Å². The number of sulfonamides is 1. The standard InChI is InChI=1S/C11H15IN2O2S/c12-9-3-5-11(6-4-9)17(15,16)14-10-2-1-7-13-8-10/h3-6,10,13-14H,1-2,7-8H2/t10-/m1/s1. The maximum Gasteiger partial charge on any atom is 0.240 e. The highest BCUT2D eigenvalue weighted by atomic mass is 127. The third-order valence-corrected chi connectivity index (χ3v) is 5.00. The first kappa shape index (κ1) is 13.3. The molecule has 1 saturated heterocycles. The predicted molar refractivity (Wildman–Crippen MR) is 75.4 cm³/mol. The van der Waals surface area contributed by atoms with Crippen LogP contribution in [-0.4, -0.2) is 27.5 Å². The smallest absolute Gasteiger partial charge is 0.240 e. The lowest BCUT2D eigenvalue weighted by Gasteiger charge is -2.23. The van der Waals surface area contributed by atoms with Crippen LogP contribution in [0.5, 0.6) is 0 Å². The Morgan fingerprint density at radius 2 is 2.00 bits per heavy atom. The molecule has 1 aromatic rings. The Hall–Kier alpha value is -0.180. The van der Waals surface area contributed by atoms with Gasteiger partial charge >= 0.3 is 0 Å². The normalized spacial score (nSPS) is 21.4. The second-order valence-corrected chi connectivity index (χ2v) is 7.08. The highest BCUT2D eigenvalue weighted by Gasteiger charge is 2.21. The third kappa shape index (κ3) is 3.64. The summed E-state index contributed by atoms with van der Waals surface area (Å²) in [6.45, 7) is 1.69. The Morgan fingerprint density at radius 1 is 1.29 bits per heavy atom. The van der Waals surface area contributed by atoms with Gasteiger partial charge in [0.15, 0.2) is 0 Å². The highest BCUT2D eigenvalue weighted by molar-refractivity contribution is 14.1. The Morgan fingerprint density at radius 3 is 2.59 bits per heavy atom. The van der Waals surface area contributed by atoms with Gasteiger partial charge in [0, 0.05) is 16.2 Å². The molecule has 1 heterocycles. The van der Waals surface area contributed by atoms with Gasteiger partial charge in [0.1, 0.15) is 0 Å². The van der Waals surface area contributed by atoms with Gasteiger partial charge in [-0.15, -0.1) is 0 Å². The third-order valence-electron chi connectivity index (χ3n) is 2.74. The molecule has 17 heavy (non-hydrogen) atoms. The number of halogens is 1. The van der Waals surface area contributed by atoms with E-state index in [1.165, 1.54) is 0 Å². The minimum atomic E-state index is -3.37. The van der Waals surface area contributed by atoms with E-state index in [4.69, 9.17) is 0 Å². The van der Waals surface area contributed by atoms with E-state index in [1.807, 2.05) is 0 Å². The molecular formula is C11H15IN2O2S. The van der Waals surface area contributed by atoms with Gasteiger partial charge in [-0.25, -0.2) is 13.1 Å². The molecule has 0 radical (unpaired) electrons. The zero-order valence-electron chi connectivity index (χ0n) is 9.32.